The van der Waals surface area contributed by atoms with Gasteiger partial charge in [0.15, 0.2) is 0 Å². The van der Waals surface area contributed by atoms with Crippen LogP contribution in [0.15, 0.2) is 79.0 Å². The molecule has 0 aliphatic rings. The Kier molecular flexibility index (Phi) is 5.85. The molecule has 0 atom stereocenters. The molecule has 0 aliphatic carbocycles. The average Bonchev–Trinajstić information content (AvgIpc) is 3.15. The highest BCUT2D eigenvalue weighted by atomic mass is 16.4. The van der Waals surface area contributed by atoms with Crippen molar-refractivity contribution in [2.24, 2.45) is 0 Å². The molecule has 5 heteroatoms. The molecule has 31 heavy (non-hydrogen) atoms. The molecule has 0 aliphatic heterocycles. The molecule has 1 aromatic heterocycles. The van der Waals surface area contributed by atoms with Gasteiger partial charge in [-0.2, -0.15) is 0 Å². The van der Waals surface area contributed by atoms with E-state index in [0.29, 0.717) is 6.42 Å². The summed E-state index contributed by atoms with van der Waals surface area (Å²) in [4.78, 5) is 22.4. The average molecular weight is 413 g/mol. The number of carboxylic acids is 2. The zero-order valence-electron chi connectivity index (χ0n) is 17.0. The molecule has 2 N–H and O–H groups in total. The predicted molar refractivity (Wildman–Crippen MR) is 120 cm³/mol. The highest BCUT2D eigenvalue weighted by molar-refractivity contribution is 5.90. The van der Waals surface area contributed by atoms with Crippen molar-refractivity contribution in [1.29, 1.82) is 0 Å². The molecule has 0 spiro atoms. The van der Waals surface area contributed by atoms with Gasteiger partial charge in [0.05, 0.1) is 11.1 Å². The molecular weight excluding hydrogens is 390 g/mol. The van der Waals surface area contributed by atoms with Gasteiger partial charge in [-0.15, -0.1) is 0 Å². The molecule has 0 bridgehead atoms. The molecule has 0 fully saturated rings. The van der Waals surface area contributed by atoms with Crippen LogP contribution in [-0.4, -0.2) is 26.7 Å². The first-order valence-electron chi connectivity index (χ1n) is 10.2. The van der Waals surface area contributed by atoms with Crippen molar-refractivity contribution in [3.63, 3.8) is 0 Å². The van der Waals surface area contributed by atoms with Crippen LogP contribution in [0.25, 0.3) is 16.6 Å². The summed E-state index contributed by atoms with van der Waals surface area (Å²) in [6, 6.07) is 23.2. The van der Waals surface area contributed by atoms with Crippen molar-refractivity contribution in [3.05, 3.63) is 101 Å². The Morgan fingerprint density at radius 2 is 1.58 bits per heavy atom. The standard InChI is InChI=1S/C26H23NO4/c28-25(29)14-11-19-10-13-24-23(15-19)21(12-9-18-5-2-1-3-6-18)17-27(24)22-8-4-7-20(16-22)26(30)31/h1-8,10,13,15-17H,9,11-12,14H2,(H,28,29)(H,30,31). The lowest BCUT2D eigenvalue weighted by atomic mass is 10.0. The van der Waals surface area contributed by atoms with E-state index in [1.165, 1.54) is 5.56 Å². The molecule has 4 aromatic rings. The van der Waals surface area contributed by atoms with Crippen molar-refractivity contribution < 1.29 is 19.8 Å². The van der Waals surface area contributed by atoms with Gasteiger partial charge in [-0.25, -0.2) is 4.79 Å². The fourth-order valence-electron chi connectivity index (χ4n) is 3.88. The first-order chi connectivity index (χ1) is 15.0. The van der Waals surface area contributed by atoms with Gasteiger partial charge < -0.3 is 14.8 Å². The van der Waals surface area contributed by atoms with Crippen LogP contribution < -0.4 is 0 Å². The lowest BCUT2D eigenvalue weighted by Crippen LogP contribution is -1.99. The third kappa shape index (κ3) is 4.67. The van der Waals surface area contributed by atoms with E-state index in [0.717, 1.165) is 40.6 Å². The Balaban J connectivity index is 1.76. The Morgan fingerprint density at radius 3 is 2.32 bits per heavy atom. The summed E-state index contributed by atoms with van der Waals surface area (Å²) in [5.74, 6) is -1.77. The van der Waals surface area contributed by atoms with Crippen LogP contribution in [0.3, 0.4) is 0 Å². The van der Waals surface area contributed by atoms with Gasteiger partial charge in [-0.05, 0) is 66.3 Å². The summed E-state index contributed by atoms with van der Waals surface area (Å²) in [6.45, 7) is 0. The second kappa shape index (κ2) is 8.88. The molecule has 156 valence electrons. The maximum atomic E-state index is 11.4. The smallest absolute Gasteiger partial charge is 0.335 e. The number of carbonyl (C=O) groups is 2. The van der Waals surface area contributed by atoms with E-state index in [-0.39, 0.29) is 12.0 Å². The Bertz CT molecular complexity index is 1240. The van der Waals surface area contributed by atoms with Gasteiger partial charge >= 0.3 is 11.9 Å². The fourth-order valence-corrected chi connectivity index (χ4v) is 3.88. The number of hydrogen-bond acceptors (Lipinski definition) is 2. The molecule has 0 saturated heterocycles. The van der Waals surface area contributed by atoms with Crippen LogP contribution in [0.4, 0.5) is 0 Å². The van der Waals surface area contributed by atoms with Gasteiger partial charge in [0.2, 0.25) is 0 Å². The van der Waals surface area contributed by atoms with Crippen molar-refractivity contribution >= 4 is 22.8 Å². The van der Waals surface area contributed by atoms with E-state index in [9.17, 15) is 14.7 Å². The quantitative estimate of drug-likeness (QED) is 0.420. The fraction of sp³-hybridized carbons (Fsp3) is 0.154. The number of aliphatic carboxylic acids is 1. The summed E-state index contributed by atoms with van der Waals surface area (Å²) in [6.07, 6.45) is 4.34. The summed E-state index contributed by atoms with van der Waals surface area (Å²) in [5.41, 5.74) is 5.38. The molecule has 0 unspecified atom stereocenters. The second-order valence-corrected chi connectivity index (χ2v) is 7.61. The van der Waals surface area contributed by atoms with Gasteiger partial charge in [0.1, 0.15) is 0 Å². The van der Waals surface area contributed by atoms with Crippen LogP contribution in [0.5, 0.6) is 0 Å². The highest BCUT2D eigenvalue weighted by Crippen LogP contribution is 2.28. The SMILES string of the molecule is O=C(O)CCc1ccc2c(c1)c(CCc1ccccc1)cn2-c1cccc(C(=O)O)c1. The summed E-state index contributed by atoms with van der Waals surface area (Å²) in [5, 5.41) is 19.5. The molecule has 1 heterocycles. The number of hydrogen-bond donors (Lipinski definition) is 2. The number of rotatable bonds is 8. The largest absolute Gasteiger partial charge is 0.481 e. The number of aromatic nitrogens is 1. The Labute approximate surface area is 180 Å². The second-order valence-electron chi connectivity index (χ2n) is 7.61. The van der Waals surface area contributed by atoms with E-state index in [4.69, 9.17) is 5.11 Å². The van der Waals surface area contributed by atoms with Crippen LogP contribution in [0.2, 0.25) is 0 Å². The molecule has 3 aromatic carbocycles. The summed E-state index contributed by atoms with van der Waals surface area (Å²) in [7, 11) is 0. The minimum absolute atomic E-state index is 0.0895. The zero-order valence-corrected chi connectivity index (χ0v) is 17.0. The zero-order chi connectivity index (χ0) is 21.8. The van der Waals surface area contributed by atoms with E-state index >= 15 is 0 Å². The first-order valence-corrected chi connectivity index (χ1v) is 10.2. The monoisotopic (exact) mass is 413 g/mol. The summed E-state index contributed by atoms with van der Waals surface area (Å²) >= 11 is 0. The molecule has 4 rings (SSSR count). The third-order valence-electron chi connectivity index (χ3n) is 5.48. The molecular formula is C26H23NO4. The maximum absolute atomic E-state index is 11.4. The van der Waals surface area contributed by atoms with Crippen LogP contribution >= 0.6 is 0 Å². The van der Waals surface area contributed by atoms with E-state index in [1.54, 1.807) is 18.2 Å². The van der Waals surface area contributed by atoms with Crippen LogP contribution in [0, 0.1) is 0 Å². The minimum Gasteiger partial charge on any atom is -0.481 e. The highest BCUT2D eigenvalue weighted by Gasteiger charge is 2.13. The van der Waals surface area contributed by atoms with Crippen molar-refractivity contribution in [3.8, 4) is 5.69 Å². The number of benzene rings is 3. The Morgan fingerprint density at radius 1 is 0.774 bits per heavy atom. The van der Waals surface area contributed by atoms with Gasteiger partial charge in [0.25, 0.3) is 0 Å². The van der Waals surface area contributed by atoms with Crippen molar-refractivity contribution in [2.45, 2.75) is 25.7 Å². The van der Waals surface area contributed by atoms with Gasteiger partial charge in [-0.3, -0.25) is 4.79 Å². The van der Waals surface area contributed by atoms with Crippen molar-refractivity contribution in [1.82, 2.24) is 4.57 Å². The maximum Gasteiger partial charge on any atom is 0.335 e. The number of aromatic carboxylic acids is 1. The lowest BCUT2D eigenvalue weighted by Gasteiger charge is -2.07. The molecule has 0 saturated carbocycles. The van der Waals surface area contributed by atoms with Gasteiger partial charge in [0, 0.05) is 23.7 Å². The molecule has 5 nitrogen and oxygen atoms in total. The topological polar surface area (TPSA) is 79.5 Å². The van der Waals surface area contributed by atoms with E-state index in [1.807, 2.05) is 41.0 Å². The molecule has 0 amide bonds. The van der Waals surface area contributed by atoms with Crippen molar-refractivity contribution in [2.75, 3.05) is 0 Å². The van der Waals surface area contributed by atoms with Crippen LogP contribution in [-0.2, 0) is 24.1 Å². The first kappa shape index (κ1) is 20.4. The van der Waals surface area contributed by atoms with E-state index < -0.39 is 11.9 Å². The minimum atomic E-state index is -0.960. The molecule has 0 radical (unpaired) electrons. The predicted octanol–water partition coefficient (Wildman–Crippen LogP) is 5.13. The Hall–Kier alpha value is -3.86. The number of fused-ring (bicyclic) bond motifs is 1. The summed E-state index contributed by atoms with van der Waals surface area (Å²) < 4.78 is 2.02. The number of carboxylic acid groups (broad SMARTS) is 2. The lowest BCUT2D eigenvalue weighted by molar-refractivity contribution is -0.136. The normalized spacial score (nSPS) is 11.0. The van der Waals surface area contributed by atoms with Crippen LogP contribution in [0.1, 0.15) is 33.5 Å². The number of nitrogens with zero attached hydrogens (tertiary/aromatic N) is 1. The third-order valence-corrected chi connectivity index (χ3v) is 5.48. The van der Waals surface area contributed by atoms with Gasteiger partial charge in [-0.1, -0.05) is 42.5 Å². The van der Waals surface area contributed by atoms with E-state index in [2.05, 4.69) is 24.4 Å². The number of aryl methyl sites for hydroxylation is 3.